The van der Waals surface area contributed by atoms with Crippen LogP contribution in [0.1, 0.15) is 16.3 Å². The molecule has 23 heavy (non-hydrogen) atoms. The number of halogens is 2. The minimum atomic E-state index is -0.405. The van der Waals surface area contributed by atoms with E-state index in [1.807, 2.05) is 0 Å². The summed E-state index contributed by atoms with van der Waals surface area (Å²) in [6.45, 7) is 0. The molecule has 0 amide bonds. The van der Waals surface area contributed by atoms with Crippen molar-refractivity contribution in [3.63, 3.8) is 0 Å². The lowest BCUT2D eigenvalue weighted by molar-refractivity contribution is 0.104. The first-order valence-electron chi connectivity index (χ1n) is 6.56. The lowest BCUT2D eigenvalue weighted by Gasteiger charge is -2.05. The molecule has 116 valence electrons. The van der Waals surface area contributed by atoms with E-state index in [1.54, 1.807) is 42.5 Å². The highest BCUT2D eigenvalue weighted by atomic mass is 35.5. The lowest BCUT2D eigenvalue weighted by Crippen LogP contribution is -2.16. The number of furan rings is 2. The number of benzene rings is 1. The number of rotatable bonds is 5. The van der Waals surface area contributed by atoms with Crippen molar-refractivity contribution in [2.75, 3.05) is 5.43 Å². The van der Waals surface area contributed by atoms with Gasteiger partial charge in [0, 0.05) is 0 Å². The topological polar surface area (TPSA) is 67.7 Å². The van der Waals surface area contributed by atoms with Crippen LogP contribution in [-0.2, 0) is 0 Å². The summed E-state index contributed by atoms with van der Waals surface area (Å²) in [5, 5.41) is 4.93. The first-order valence-corrected chi connectivity index (χ1v) is 7.31. The predicted molar refractivity (Wildman–Crippen MR) is 88.4 cm³/mol. The molecule has 5 nitrogen and oxygen atoms in total. The molecule has 0 aliphatic carbocycles. The summed E-state index contributed by atoms with van der Waals surface area (Å²) in [6, 6.07) is 11.4. The van der Waals surface area contributed by atoms with Gasteiger partial charge < -0.3 is 8.83 Å². The van der Waals surface area contributed by atoms with Crippen LogP contribution in [0.3, 0.4) is 0 Å². The summed E-state index contributed by atoms with van der Waals surface area (Å²) in [7, 11) is 0. The minimum absolute atomic E-state index is 0.0797. The van der Waals surface area contributed by atoms with E-state index >= 15 is 0 Å². The maximum absolute atomic E-state index is 12.5. The van der Waals surface area contributed by atoms with Crippen LogP contribution in [0, 0.1) is 0 Å². The maximum Gasteiger partial charge on any atom is 0.252 e. The Kier molecular flexibility index (Phi) is 4.50. The first-order chi connectivity index (χ1) is 11.1. The van der Waals surface area contributed by atoms with Crippen molar-refractivity contribution >= 4 is 40.4 Å². The standard InChI is InChI=1S/C16H10Cl2N2O3/c17-11-6-5-10(9-12(11)18)19-20-15(13-3-1-7-22-13)16(21)14-4-2-8-23-14/h1-9,19H/b20-15-. The van der Waals surface area contributed by atoms with Crippen LogP contribution >= 0.6 is 23.2 Å². The highest BCUT2D eigenvalue weighted by Crippen LogP contribution is 2.25. The number of hydrogen-bond acceptors (Lipinski definition) is 5. The van der Waals surface area contributed by atoms with Crippen LogP contribution in [-0.4, -0.2) is 11.5 Å². The second kappa shape index (κ2) is 6.73. The van der Waals surface area contributed by atoms with E-state index in [0.717, 1.165) is 0 Å². The van der Waals surface area contributed by atoms with Crippen molar-refractivity contribution in [3.05, 3.63) is 76.6 Å². The van der Waals surface area contributed by atoms with Crippen LogP contribution in [0.4, 0.5) is 5.69 Å². The van der Waals surface area contributed by atoms with Crippen molar-refractivity contribution in [1.29, 1.82) is 0 Å². The number of Topliss-reactive ketones (excluding diaryl/α,β-unsaturated/α-hetero) is 1. The molecule has 2 heterocycles. The Balaban J connectivity index is 1.92. The van der Waals surface area contributed by atoms with Crippen LogP contribution in [0.25, 0.3) is 0 Å². The molecule has 1 aromatic carbocycles. The summed E-state index contributed by atoms with van der Waals surface area (Å²) in [4.78, 5) is 12.5. The van der Waals surface area contributed by atoms with Crippen molar-refractivity contribution in [3.8, 4) is 0 Å². The van der Waals surface area contributed by atoms with E-state index in [2.05, 4.69) is 10.5 Å². The Labute approximate surface area is 141 Å². The van der Waals surface area contributed by atoms with Crippen LogP contribution in [0.15, 0.2) is 68.9 Å². The van der Waals surface area contributed by atoms with Crippen molar-refractivity contribution < 1.29 is 13.6 Å². The quantitative estimate of drug-likeness (QED) is 0.405. The first kappa shape index (κ1) is 15.4. The lowest BCUT2D eigenvalue weighted by atomic mass is 10.1. The second-order valence-electron chi connectivity index (χ2n) is 4.48. The summed E-state index contributed by atoms with van der Waals surface area (Å²) >= 11 is 11.8. The molecule has 0 aliphatic heterocycles. The van der Waals surface area contributed by atoms with Gasteiger partial charge in [0.15, 0.2) is 17.2 Å². The summed E-state index contributed by atoms with van der Waals surface area (Å²) < 4.78 is 10.4. The molecule has 0 fully saturated rings. The highest BCUT2D eigenvalue weighted by molar-refractivity contribution is 6.50. The molecule has 1 N–H and O–H groups in total. The number of nitrogens with one attached hydrogen (secondary N) is 1. The van der Waals surface area contributed by atoms with Gasteiger partial charge in [0.25, 0.3) is 5.78 Å². The van der Waals surface area contributed by atoms with Crippen molar-refractivity contribution in [2.24, 2.45) is 5.10 Å². The van der Waals surface area contributed by atoms with Gasteiger partial charge in [-0.2, -0.15) is 5.10 Å². The zero-order chi connectivity index (χ0) is 16.2. The Morgan fingerprint density at radius 1 is 0.957 bits per heavy atom. The third-order valence-electron chi connectivity index (χ3n) is 2.93. The normalized spacial score (nSPS) is 11.5. The van der Waals surface area contributed by atoms with Crippen LogP contribution in [0.5, 0.6) is 0 Å². The minimum Gasteiger partial charge on any atom is -0.462 e. The van der Waals surface area contributed by atoms with E-state index in [9.17, 15) is 4.79 Å². The summed E-state index contributed by atoms with van der Waals surface area (Å²) in [6.07, 6.45) is 2.87. The van der Waals surface area contributed by atoms with E-state index < -0.39 is 5.78 Å². The molecule has 2 aromatic heterocycles. The van der Waals surface area contributed by atoms with E-state index in [1.165, 1.54) is 12.5 Å². The fraction of sp³-hybridized carbons (Fsp3) is 0. The molecule has 0 radical (unpaired) electrons. The van der Waals surface area contributed by atoms with Gasteiger partial charge in [0.05, 0.1) is 28.3 Å². The van der Waals surface area contributed by atoms with Crippen LogP contribution in [0.2, 0.25) is 10.0 Å². The second-order valence-corrected chi connectivity index (χ2v) is 5.30. The molecular weight excluding hydrogens is 339 g/mol. The molecule has 0 spiro atoms. The zero-order valence-electron chi connectivity index (χ0n) is 11.6. The van der Waals surface area contributed by atoms with Gasteiger partial charge in [0.2, 0.25) is 0 Å². The van der Waals surface area contributed by atoms with Crippen molar-refractivity contribution in [2.45, 2.75) is 0 Å². The van der Waals surface area contributed by atoms with Gasteiger partial charge in [-0.15, -0.1) is 0 Å². The number of hydrazone groups is 1. The third-order valence-corrected chi connectivity index (χ3v) is 3.67. The van der Waals surface area contributed by atoms with E-state index in [-0.39, 0.29) is 11.5 Å². The number of carbonyl (C=O) groups excluding carboxylic acids is 1. The Morgan fingerprint density at radius 2 is 1.65 bits per heavy atom. The van der Waals surface area contributed by atoms with E-state index in [0.29, 0.717) is 21.5 Å². The number of hydrogen-bond donors (Lipinski definition) is 1. The van der Waals surface area contributed by atoms with Gasteiger partial charge in [-0.3, -0.25) is 10.2 Å². The van der Waals surface area contributed by atoms with Gasteiger partial charge in [-0.1, -0.05) is 23.2 Å². The molecule has 3 rings (SSSR count). The third kappa shape index (κ3) is 3.47. The number of nitrogens with zero attached hydrogens (tertiary/aromatic N) is 1. The molecule has 3 aromatic rings. The largest absolute Gasteiger partial charge is 0.462 e. The van der Waals surface area contributed by atoms with Gasteiger partial charge in [-0.05, 0) is 42.5 Å². The zero-order valence-corrected chi connectivity index (χ0v) is 13.1. The monoisotopic (exact) mass is 348 g/mol. The predicted octanol–water partition coefficient (Wildman–Crippen LogP) is 4.88. The smallest absolute Gasteiger partial charge is 0.252 e. The number of carbonyl (C=O) groups is 1. The molecule has 0 saturated heterocycles. The molecule has 0 bridgehead atoms. The van der Waals surface area contributed by atoms with Gasteiger partial charge in [0.1, 0.15) is 0 Å². The molecular formula is C16H10Cl2N2O3. The molecule has 0 saturated carbocycles. The van der Waals surface area contributed by atoms with Crippen molar-refractivity contribution in [1.82, 2.24) is 0 Å². The average molecular weight is 349 g/mol. The Bertz CT molecular complexity index is 840. The number of ketones is 1. The van der Waals surface area contributed by atoms with E-state index in [4.69, 9.17) is 32.0 Å². The highest BCUT2D eigenvalue weighted by Gasteiger charge is 2.21. The molecule has 0 unspecified atom stereocenters. The average Bonchev–Trinajstić information content (AvgIpc) is 3.23. The molecule has 7 heteroatoms. The van der Waals surface area contributed by atoms with Crippen LogP contribution < -0.4 is 5.43 Å². The Morgan fingerprint density at radius 3 is 2.26 bits per heavy atom. The fourth-order valence-corrected chi connectivity index (χ4v) is 2.14. The Hall–Kier alpha value is -2.50. The van der Waals surface area contributed by atoms with Gasteiger partial charge in [-0.25, -0.2) is 0 Å². The number of anilines is 1. The molecule has 0 atom stereocenters. The fourth-order valence-electron chi connectivity index (χ4n) is 1.84. The molecule has 0 aliphatic rings. The SMILES string of the molecule is O=C(/C(=N\Nc1ccc(Cl)c(Cl)c1)c1ccco1)c1ccco1. The summed E-state index contributed by atoms with van der Waals surface area (Å²) in [5.41, 5.74) is 3.43. The summed E-state index contributed by atoms with van der Waals surface area (Å²) in [5.74, 6) is 0.0764. The maximum atomic E-state index is 12.5. The van der Waals surface area contributed by atoms with Gasteiger partial charge >= 0.3 is 0 Å².